The van der Waals surface area contributed by atoms with Crippen LogP contribution in [0.2, 0.25) is 5.02 Å². The van der Waals surface area contributed by atoms with Gasteiger partial charge in [-0.3, -0.25) is 4.79 Å². The average Bonchev–Trinajstić information content (AvgIpc) is 2.72. The van der Waals surface area contributed by atoms with Crippen LogP contribution in [0.1, 0.15) is 44.7 Å². The lowest BCUT2D eigenvalue weighted by molar-refractivity contribution is -0.153. The summed E-state index contributed by atoms with van der Waals surface area (Å²) in [6, 6.07) is 6.70. The predicted molar refractivity (Wildman–Crippen MR) is 112 cm³/mol. The number of benzene rings is 2. The van der Waals surface area contributed by atoms with E-state index in [1.54, 1.807) is 13.8 Å². The largest absolute Gasteiger partial charge is 0.483 e. The maximum Gasteiger partial charge on any atom is 0.422 e. The highest BCUT2D eigenvalue weighted by Gasteiger charge is 2.38. The van der Waals surface area contributed by atoms with Gasteiger partial charge >= 0.3 is 18.3 Å². The first-order chi connectivity index (χ1) is 15.2. The molecule has 0 aliphatic carbocycles. The molecular formula is C23H23ClF6O3. The van der Waals surface area contributed by atoms with Gasteiger partial charge in [-0.25, -0.2) is 0 Å². The highest BCUT2D eigenvalue weighted by molar-refractivity contribution is 6.34. The fraction of sp³-hybridized carbons (Fsp3) is 0.435. The molecule has 0 bridgehead atoms. The van der Waals surface area contributed by atoms with Gasteiger partial charge in [0.1, 0.15) is 5.75 Å². The van der Waals surface area contributed by atoms with Crippen molar-refractivity contribution >= 4 is 17.6 Å². The van der Waals surface area contributed by atoms with Crippen molar-refractivity contribution in [1.82, 2.24) is 0 Å². The standard InChI is InChI=1S/C23H23ClF6O3/c1-4-10-21(3,20(31)32-5-2)16-11-17(14-6-8-15(9-7-14)23(28,29)30)19(24)18(12-16)33-13-22(25,26)27/h6-9,11-12H,4-5,10,13H2,1-3H3. The molecule has 0 fully saturated rings. The van der Waals surface area contributed by atoms with E-state index in [0.29, 0.717) is 12.8 Å². The molecule has 0 saturated carbocycles. The van der Waals surface area contributed by atoms with Gasteiger partial charge in [0.15, 0.2) is 6.61 Å². The van der Waals surface area contributed by atoms with Crippen LogP contribution in [0.15, 0.2) is 36.4 Å². The summed E-state index contributed by atoms with van der Waals surface area (Å²) >= 11 is 6.31. The first-order valence-electron chi connectivity index (χ1n) is 10.1. The third-order valence-corrected chi connectivity index (χ3v) is 5.46. The highest BCUT2D eigenvalue weighted by Crippen LogP contribution is 2.43. The van der Waals surface area contributed by atoms with Gasteiger partial charge in [-0.15, -0.1) is 0 Å². The van der Waals surface area contributed by atoms with E-state index in [4.69, 9.17) is 21.1 Å². The Morgan fingerprint density at radius 3 is 2.06 bits per heavy atom. The minimum absolute atomic E-state index is 0.0922. The van der Waals surface area contributed by atoms with Gasteiger partial charge in [-0.2, -0.15) is 26.3 Å². The molecule has 0 heterocycles. The highest BCUT2D eigenvalue weighted by atomic mass is 35.5. The number of hydrogen-bond acceptors (Lipinski definition) is 3. The van der Waals surface area contributed by atoms with Crippen LogP contribution in [0.4, 0.5) is 26.3 Å². The number of halogens is 7. The number of ether oxygens (including phenoxy) is 2. The number of rotatable bonds is 8. The molecule has 3 nitrogen and oxygen atoms in total. The van der Waals surface area contributed by atoms with Crippen molar-refractivity contribution in [3.8, 4) is 16.9 Å². The molecule has 0 N–H and O–H groups in total. The van der Waals surface area contributed by atoms with E-state index in [1.807, 2.05) is 6.92 Å². The fourth-order valence-corrected chi connectivity index (χ4v) is 3.66. The predicted octanol–water partition coefficient (Wildman–Crippen LogP) is 7.59. The molecule has 182 valence electrons. The summed E-state index contributed by atoms with van der Waals surface area (Å²) < 4.78 is 87.3. The lowest BCUT2D eigenvalue weighted by Gasteiger charge is -2.29. The summed E-state index contributed by atoms with van der Waals surface area (Å²) in [5, 5.41) is -0.217. The number of alkyl halides is 6. The second-order valence-electron chi connectivity index (χ2n) is 7.62. The normalized spacial score (nSPS) is 14.0. The topological polar surface area (TPSA) is 35.5 Å². The van der Waals surface area contributed by atoms with Crippen LogP contribution in [0.3, 0.4) is 0 Å². The van der Waals surface area contributed by atoms with Crippen molar-refractivity contribution in [3.05, 3.63) is 52.5 Å². The van der Waals surface area contributed by atoms with Gasteiger partial charge in [-0.05, 0) is 55.7 Å². The van der Waals surface area contributed by atoms with E-state index in [-0.39, 0.29) is 34.1 Å². The van der Waals surface area contributed by atoms with Gasteiger partial charge in [0.05, 0.1) is 22.6 Å². The van der Waals surface area contributed by atoms with Crippen molar-refractivity contribution in [1.29, 1.82) is 0 Å². The summed E-state index contributed by atoms with van der Waals surface area (Å²) in [4.78, 5) is 12.8. The summed E-state index contributed by atoms with van der Waals surface area (Å²) in [7, 11) is 0. The van der Waals surface area contributed by atoms with Crippen LogP contribution in [0.5, 0.6) is 5.75 Å². The van der Waals surface area contributed by atoms with E-state index in [2.05, 4.69) is 0 Å². The first kappa shape index (κ1) is 26.8. The van der Waals surface area contributed by atoms with Crippen molar-refractivity contribution in [2.24, 2.45) is 0 Å². The zero-order chi connectivity index (χ0) is 25.0. The molecule has 2 rings (SSSR count). The molecular weight excluding hydrogens is 474 g/mol. The molecule has 0 aliphatic rings. The first-order valence-corrected chi connectivity index (χ1v) is 10.5. The van der Waals surface area contributed by atoms with Gasteiger partial charge < -0.3 is 9.47 Å². The molecule has 0 aliphatic heterocycles. The fourth-order valence-electron chi connectivity index (χ4n) is 3.38. The van der Waals surface area contributed by atoms with E-state index in [0.717, 1.165) is 24.3 Å². The molecule has 33 heavy (non-hydrogen) atoms. The molecule has 0 spiro atoms. The summed E-state index contributed by atoms with van der Waals surface area (Å²) in [6.07, 6.45) is -8.36. The third-order valence-electron chi connectivity index (χ3n) is 5.07. The third kappa shape index (κ3) is 6.56. The van der Waals surface area contributed by atoms with Crippen molar-refractivity contribution < 1.29 is 40.6 Å². The SMILES string of the molecule is CCCC(C)(C(=O)OCC)c1cc(OCC(F)(F)F)c(Cl)c(-c2ccc(C(F)(F)F)cc2)c1. The molecule has 0 aromatic heterocycles. The van der Waals surface area contributed by atoms with Gasteiger partial charge in [0.2, 0.25) is 0 Å². The molecule has 1 unspecified atom stereocenters. The maximum absolute atomic E-state index is 12.9. The van der Waals surface area contributed by atoms with Crippen LogP contribution < -0.4 is 4.74 Å². The zero-order valence-corrected chi connectivity index (χ0v) is 18.9. The van der Waals surface area contributed by atoms with Crippen molar-refractivity contribution in [3.63, 3.8) is 0 Å². The molecule has 1 atom stereocenters. The lowest BCUT2D eigenvalue weighted by atomic mass is 9.77. The monoisotopic (exact) mass is 496 g/mol. The summed E-state index contributed by atoms with van der Waals surface area (Å²) in [5.41, 5.74) is -1.51. The Bertz CT molecular complexity index is 970. The second-order valence-corrected chi connectivity index (χ2v) is 8.00. The van der Waals surface area contributed by atoms with E-state index in [9.17, 15) is 31.1 Å². The zero-order valence-electron chi connectivity index (χ0n) is 18.2. The molecule has 0 amide bonds. The van der Waals surface area contributed by atoms with Crippen molar-refractivity contribution in [2.75, 3.05) is 13.2 Å². The number of carbonyl (C=O) groups excluding carboxylic acids is 1. The summed E-state index contributed by atoms with van der Waals surface area (Å²) in [6.45, 7) is 3.49. The lowest BCUT2D eigenvalue weighted by Crippen LogP contribution is -2.34. The average molecular weight is 497 g/mol. The van der Waals surface area contributed by atoms with Crippen molar-refractivity contribution in [2.45, 2.75) is 51.4 Å². The van der Waals surface area contributed by atoms with Crippen LogP contribution in [0.25, 0.3) is 11.1 Å². The summed E-state index contributed by atoms with van der Waals surface area (Å²) in [5.74, 6) is -0.928. The number of esters is 1. The number of carbonyl (C=O) groups is 1. The van der Waals surface area contributed by atoms with Crippen LogP contribution in [-0.4, -0.2) is 25.4 Å². The minimum Gasteiger partial charge on any atom is -0.483 e. The van der Waals surface area contributed by atoms with Crippen LogP contribution >= 0.6 is 11.6 Å². The van der Waals surface area contributed by atoms with Gasteiger partial charge in [0, 0.05) is 5.56 Å². The molecule has 0 radical (unpaired) electrons. The Kier molecular flexibility index (Phi) is 8.32. The Hall–Kier alpha value is -2.42. The van der Waals surface area contributed by atoms with Crippen LogP contribution in [-0.2, 0) is 21.1 Å². The van der Waals surface area contributed by atoms with E-state index in [1.165, 1.54) is 12.1 Å². The van der Waals surface area contributed by atoms with Crippen LogP contribution in [0, 0.1) is 0 Å². The van der Waals surface area contributed by atoms with E-state index < -0.39 is 35.9 Å². The maximum atomic E-state index is 12.9. The Morgan fingerprint density at radius 2 is 1.58 bits per heavy atom. The smallest absolute Gasteiger partial charge is 0.422 e. The molecule has 0 saturated heterocycles. The Morgan fingerprint density at radius 1 is 0.970 bits per heavy atom. The van der Waals surface area contributed by atoms with Gasteiger partial charge in [-0.1, -0.05) is 37.1 Å². The minimum atomic E-state index is -4.65. The van der Waals surface area contributed by atoms with E-state index >= 15 is 0 Å². The molecule has 10 heteroatoms. The second kappa shape index (κ2) is 10.2. The molecule has 2 aromatic carbocycles. The Balaban J connectivity index is 2.69. The van der Waals surface area contributed by atoms with Gasteiger partial charge in [0.25, 0.3) is 0 Å². The molecule has 2 aromatic rings. The quantitative estimate of drug-likeness (QED) is 0.279. The number of hydrogen-bond donors (Lipinski definition) is 0. The Labute approximate surface area is 192 Å².